The van der Waals surface area contributed by atoms with Crippen molar-refractivity contribution in [2.24, 2.45) is 5.92 Å². The standard InChI is InChI=1S/C22H21ClN2O4/c1-28-19-5-3-2-4-17(19)24-21(26)14-8-10-25(11-9-14)22(27)20-13-15-12-16(23)6-7-18(15)29-20/h2-7,12-14H,8-11H2,1H3,(H,24,26). The number of furan rings is 1. The maximum atomic E-state index is 12.8. The van der Waals surface area contributed by atoms with Crippen LogP contribution >= 0.6 is 11.6 Å². The number of piperidine rings is 1. The first-order valence-corrected chi connectivity index (χ1v) is 9.85. The van der Waals surface area contributed by atoms with E-state index in [1.807, 2.05) is 18.2 Å². The zero-order chi connectivity index (χ0) is 20.4. The maximum Gasteiger partial charge on any atom is 0.289 e. The molecule has 0 saturated carbocycles. The second kappa shape index (κ2) is 8.17. The van der Waals surface area contributed by atoms with Crippen molar-refractivity contribution < 1.29 is 18.7 Å². The molecule has 2 amide bonds. The lowest BCUT2D eigenvalue weighted by Crippen LogP contribution is -2.41. The largest absolute Gasteiger partial charge is 0.495 e. The minimum atomic E-state index is -0.166. The number of likely N-dealkylation sites (tertiary alicyclic amines) is 1. The number of halogens is 1. The van der Waals surface area contributed by atoms with E-state index >= 15 is 0 Å². The van der Waals surface area contributed by atoms with Gasteiger partial charge in [-0.3, -0.25) is 9.59 Å². The summed E-state index contributed by atoms with van der Waals surface area (Å²) >= 11 is 6.00. The van der Waals surface area contributed by atoms with Crippen LogP contribution in [0.15, 0.2) is 52.9 Å². The zero-order valence-corrected chi connectivity index (χ0v) is 16.7. The van der Waals surface area contributed by atoms with Crippen molar-refractivity contribution in [3.63, 3.8) is 0 Å². The molecular formula is C22H21ClN2O4. The SMILES string of the molecule is COc1ccccc1NC(=O)C1CCN(C(=O)c2cc3cc(Cl)ccc3o2)CC1. The highest BCUT2D eigenvalue weighted by molar-refractivity contribution is 6.31. The van der Waals surface area contributed by atoms with Gasteiger partial charge in [0.1, 0.15) is 11.3 Å². The molecule has 1 aliphatic rings. The van der Waals surface area contributed by atoms with E-state index < -0.39 is 0 Å². The molecule has 150 valence electrons. The number of amides is 2. The number of ether oxygens (including phenoxy) is 1. The Morgan fingerprint density at radius 2 is 1.90 bits per heavy atom. The third kappa shape index (κ3) is 4.07. The van der Waals surface area contributed by atoms with Gasteiger partial charge in [0.2, 0.25) is 5.91 Å². The Hall–Kier alpha value is -2.99. The number of hydrogen-bond acceptors (Lipinski definition) is 4. The van der Waals surface area contributed by atoms with Gasteiger partial charge in [-0.2, -0.15) is 0 Å². The number of carbonyl (C=O) groups excluding carboxylic acids is 2. The molecule has 2 heterocycles. The van der Waals surface area contributed by atoms with E-state index in [4.69, 9.17) is 20.8 Å². The molecule has 7 heteroatoms. The summed E-state index contributed by atoms with van der Waals surface area (Å²) in [6, 6.07) is 14.3. The van der Waals surface area contributed by atoms with Crippen LogP contribution < -0.4 is 10.1 Å². The second-order valence-corrected chi connectivity index (χ2v) is 7.49. The second-order valence-electron chi connectivity index (χ2n) is 7.05. The van der Waals surface area contributed by atoms with Crippen molar-refractivity contribution >= 4 is 40.1 Å². The number of nitrogens with one attached hydrogen (secondary N) is 1. The summed E-state index contributed by atoms with van der Waals surface area (Å²) in [7, 11) is 1.57. The van der Waals surface area contributed by atoms with Crippen molar-refractivity contribution in [1.82, 2.24) is 4.90 Å². The highest BCUT2D eigenvalue weighted by Crippen LogP contribution is 2.28. The summed E-state index contributed by atoms with van der Waals surface area (Å²) in [5.74, 6) is 0.539. The lowest BCUT2D eigenvalue weighted by atomic mass is 9.95. The number of hydrogen-bond donors (Lipinski definition) is 1. The van der Waals surface area contributed by atoms with Gasteiger partial charge in [0.05, 0.1) is 12.8 Å². The third-order valence-corrected chi connectivity index (χ3v) is 5.44. The topological polar surface area (TPSA) is 71.8 Å². The number of nitrogens with zero attached hydrogens (tertiary/aromatic N) is 1. The monoisotopic (exact) mass is 412 g/mol. The number of rotatable bonds is 4. The van der Waals surface area contributed by atoms with Gasteiger partial charge in [-0.1, -0.05) is 23.7 Å². The Balaban J connectivity index is 1.38. The summed E-state index contributed by atoms with van der Waals surface area (Å²) in [6.45, 7) is 1.00. The minimum Gasteiger partial charge on any atom is -0.495 e. The molecule has 6 nitrogen and oxygen atoms in total. The van der Waals surface area contributed by atoms with Gasteiger partial charge in [0.15, 0.2) is 5.76 Å². The number of anilines is 1. The molecule has 0 radical (unpaired) electrons. The molecule has 0 bridgehead atoms. The van der Waals surface area contributed by atoms with Gasteiger partial charge < -0.3 is 19.4 Å². The molecule has 29 heavy (non-hydrogen) atoms. The van der Waals surface area contributed by atoms with E-state index in [1.165, 1.54) is 0 Å². The van der Waals surface area contributed by atoms with E-state index in [-0.39, 0.29) is 17.7 Å². The van der Waals surface area contributed by atoms with Crippen LogP contribution in [0.2, 0.25) is 5.02 Å². The number of carbonyl (C=O) groups is 2. The first kappa shape index (κ1) is 19.3. The van der Waals surface area contributed by atoms with Gasteiger partial charge in [-0.25, -0.2) is 0 Å². The first-order chi connectivity index (χ1) is 14.0. The summed E-state index contributed by atoms with van der Waals surface area (Å²) in [5, 5.41) is 4.33. The van der Waals surface area contributed by atoms with Crippen LogP contribution in [0.3, 0.4) is 0 Å². The molecule has 1 fully saturated rings. The van der Waals surface area contributed by atoms with Gasteiger partial charge in [0.25, 0.3) is 5.91 Å². The quantitative estimate of drug-likeness (QED) is 0.680. The molecule has 1 saturated heterocycles. The predicted octanol–water partition coefficient (Wildman–Crippen LogP) is 4.59. The summed E-state index contributed by atoms with van der Waals surface area (Å²) in [6.07, 6.45) is 1.19. The van der Waals surface area contributed by atoms with Crippen LogP contribution in [0, 0.1) is 5.92 Å². The van der Waals surface area contributed by atoms with E-state index in [1.54, 1.807) is 42.3 Å². The molecule has 3 aromatic rings. The van der Waals surface area contributed by atoms with Crippen LogP contribution in [-0.4, -0.2) is 36.9 Å². The predicted molar refractivity (Wildman–Crippen MR) is 111 cm³/mol. The highest BCUT2D eigenvalue weighted by Gasteiger charge is 2.29. The van der Waals surface area contributed by atoms with E-state index in [0.29, 0.717) is 53.7 Å². The molecule has 0 atom stereocenters. The summed E-state index contributed by atoms with van der Waals surface area (Å²) < 4.78 is 11.0. The van der Waals surface area contributed by atoms with Crippen LogP contribution in [0.5, 0.6) is 5.75 Å². The maximum absolute atomic E-state index is 12.8. The Bertz CT molecular complexity index is 1050. The van der Waals surface area contributed by atoms with Crippen LogP contribution in [-0.2, 0) is 4.79 Å². The van der Waals surface area contributed by atoms with E-state index in [9.17, 15) is 9.59 Å². The van der Waals surface area contributed by atoms with Crippen LogP contribution in [0.4, 0.5) is 5.69 Å². The lowest BCUT2D eigenvalue weighted by molar-refractivity contribution is -0.121. The zero-order valence-electron chi connectivity index (χ0n) is 16.0. The Labute approximate surface area is 173 Å². The van der Waals surface area contributed by atoms with Crippen molar-refractivity contribution in [2.45, 2.75) is 12.8 Å². The third-order valence-electron chi connectivity index (χ3n) is 5.21. The molecule has 2 aromatic carbocycles. The Morgan fingerprint density at radius 1 is 1.14 bits per heavy atom. The smallest absolute Gasteiger partial charge is 0.289 e. The fraction of sp³-hybridized carbons (Fsp3) is 0.273. The first-order valence-electron chi connectivity index (χ1n) is 9.47. The molecular weight excluding hydrogens is 392 g/mol. The number of fused-ring (bicyclic) bond motifs is 1. The van der Waals surface area contributed by atoms with Crippen LogP contribution in [0.1, 0.15) is 23.4 Å². The summed E-state index contributed by atoms with van der Waals surface area (Å²) in [4.78, 5) is 27.1. The highest BCUT2D eigenvalue weighted by atomic mass is 35.5. The minimum absolute atomic E-state index is 0.0556. The van der Waals surface area contributed by atoms with Crippen LogP contribution in [0.25, 0.3) is 11.0 Å². The molecule has 1 N–H and O–H groups in total. The molecule has 1 aromatic heterocycles. The molecule has 1 aliphatic heterocycles. The van der Waals surface area contributed by atoms with Gasteiger partial charge in [-0.15, -0.1) is 0 Å². The van der Waals surface area contributed by atoms with Gasteiger partial charge in [-0.05, 0) is 49.2 Å². The van der Waals surface area contributed by atoms with Crippen molar-refractivity contribution in [3.05, 3.63) is 59.3 Å². The number of para-hydroxylation sites is 2. The fourth-order valence-corrected chi connectivity index (χ4v) is 3.78. The fourth-order valence-electron chi connectivity index (χ4n) is 3.60. The van der Waals surface area contributed by atoms with Gasteiger partial charge in [0, 0.05) is 29.4 Å². The molecule has 0 spiro atoms. The average Bonchev–Trinajstić information content (AvgIpc) is 3.17. The normalized spacial score (nSPS) is 14.8. The van der Waals surface area contributed by atoms with Crippen molar-refractivity contribution in [1.29, 1.82) is 0 Å². The molecule has 0 aliphatic carbocycles. The lowest BCUT2D eigenvalue weighted by Gasteiger charge is -2.30. The average molecular weight is 413 g/mol. The Morgan fingerprint density at radius 3 is 2.66 bits per heavy atom. The Kier molecular flexibility index (Phi) is 5.45. The molecule has 4 rings (SSSR count). The van der Waals surface area contributed by atoms with E-state index in [0.717, 1.165) is 5.39 Å². The summed E-state index contributed by atoms with van der Waals surface area (Å²) in [5.41, 5.74) is 1.28. The van der Waals surface area contributed by atoms with Crippen molar-refractivity contribution in [2.75, 3.05) is 25.5 Å². The van der Waals surface area contributed by atoms with Gasteiger partial charge >= 0.3 is 0 Å². The van der Waals surface area contributed by atoms with Crippen molar-refractivity contribution in [3.8, 4) is 5.75 Å². The number of methoxy groups -OCH3 is 1. The van der Waals surface area contributed by atoms with E-state index in [2.05, 4.69) is 5.32 Å². The molecule has 0 unspecified atom stereocenters. The number of benzene rings is 2.